The van der Waals surface area contributed by atoms with Crippen molar-refractivity contribution in [1.82, 2.24) is 14.5 Å². The van der Waals surface area contributed by atoms with Crippen LogP contribution in [0.3, 0.4) is 0 Å². The van der Waals surface area contributed by atoms with Crippen molar-refractivity contribution < 1.29 is 17.9 Å². The number of carbonyl (C=O) groups is 1. The summed E-state index contributed by atoms with van der Waals surface area (Å²) < 4.78 is 33.1. The van der Waals surface area contributed by atoms with Crippen molar-refractivity contribution in [3.05, 3.63) is 29.3 Å². The second-order valence-corrected chi connectivity index (χ2v) is 9.62. The van der Waals surface area contributed by atoms with Crippen molar-refractivity contribution in [2.45, 2.75) is 31.6 Å². The van der Waals surface area contributed by atoms with Crippen molar-refractivity contribution in [2.24, 2.45) is 5.92 Å². The Hall–Kier alpha value is -1.48. The van der Waals surface area contributed by atoms with Gasteiger partial charge in [0.05, 0.1) is 24.0 Å². The first-order valence-corrected chi connectivity index (χ1v) is 11.5. The summed E-state index contributed by atoms with van der Waals surface area (Å²) in [5.41, 5.74) is 1.65. The van der Waals surface area contributed by atoms with Gasteiger partial charge in [-0.25, -0.2) is 8.42 Å². The van der Waals surface area contributed by atoms with Gasteiger partial charge in [0.25, 0.3) is 0 Å². The Morgan fingerprint density at radius 1 is 1.21 bits per heavy atom. The Bertz CT molecular complexity index is 791. The second-order valence-electron chi connectivity index (χ2n) is 7.72. The maximum Gasteiger partial charge on any atom is 0.243 e. The number of piperidine rings is 1. The maximum atomic E-state index is 13.1. The fourth-order valence-corrected chi connectivity index (χ4v) is 5.64. The van der Waals surface area contributed by atoms with Crippen molar-refractivity contribution in [1.29, 1.82) is 0 Å². The predicted octanol–water partition coefficient (Wildman–Crippen LogP) is 1.15. The summed E-state index contributed by atoms with van der Waals surface area (Å²) in [6.45, 7) is 9.05. The molecule has 28 heavy (non-hydrogen) atoms. The van der Waals surface area contributed by atoms with Crippen LogP contribution in [0.25, 0.3) is 0 Å². The number of benzene rings is 1. The lowest BCUT2D eigenvalue weighted by atomic mass is 9.99. The van der Waals surface area contributed by atoms with E-state index in [1.165, 1.54) is 4.31 Å². The minimum Gasteiger partial charge on any atom is -0.379 e. The highest BCUT2D eigenvalue weighted by Crippen LogP contribution is 2.26. The molecule has 2 aliphatic heterocycles. The predicted molar refractivity (Wildman–Crippen MR) is 108 cm³/mol. The van der Waals surface area contributed by atoms with E-state index in [-0.39, 0.29) is 18.4 Å². The topological polar surface area (TPSA) is 79.0 Å². The first-order valence-electron chi connectivity index (χ1n) is 10.0. The summed E-state index contributed by atoms with van der Waals surface area (Å²) in [4.78, 5) is 15.2. The molecule has 0 radical (unpaired) electrons. The Kier molecular flexibility index (Phi) is 7.09. The molecule has 0 spiro atoms. The van der Waals surface area contributed by atoms with Gasteiger partial charge in [-0.05, 0) is 43.9 Å². The molecule has 1 amide bonds. The van der Waals surface area contributed by atoms with Gasteiger partial charge in [0, 0.05) is 39.3 Å². The molecule has 0 bridgehead atoms. The van der Waals surface area contributed by atoms with E-state index in [4.69, 9.17) is 4.74 Å². The first kappa shape index (κ1) is 21.2. The van der Waals surface area contributed by atoms with Crippen LogP contribution in [-0.4, -0.2) is 76.0 Å². The maximum absolute atomic E-state index is 13.1. The third kappa shape index (κ3) is 5.11. The zero-order valence-corrected chi connectivity index (χ0v) is 17.6. The van der Waals surface area contributed by atoms with Crippen LogP contribution < -0.4 is 5.32 Å². The van der Waals surface area contributed by atoms with E-state index in [0.717, 1.165) is 50.4 Å². The number of aryl methyl sites for hydroxylation is 2. The number of sulfonamides is 1. The molecule has 1 aromatic carbocycles. The van der Waals surface area contributed by atoms with Gasteiger partial charge in [-0.1, -0.05) is 12.1 Å². The smallest absolute Gasteiger partial charge is 0.243 e. The molecule has 2 saturated heterocycles. The van der Waals surface area contributed by atoms with Crippen LogP contribution in [0.2, 0.25) is 0 Å². The highest BCUT2D eigenvalue weighted by Gasteiger charge is 2.34. The lowest BCUT2D eigenvalue weighted by Gasteiger charge is -2.32. The third-order valence-electron chi connectivity index (χ3n) is 5.55. The molecule has 2 fully saturated rings. The number of morpholine rings is 1. The molecule has 8 heteroatoms. The monoisotopic (exact) mass is 409 g/mol. The number of hydrogen-bond donors (Lipinski definition) is 1. The third-order valence-corrected chi connectivity index (χ3v) is 7.55. The lowest BCUT2D eigenvalue weighted by Crippen LogP contribution is -2.47. The quantitative estimate of drug-likeness (QED) is 0.763. The van der Waals surface area contributed by atoms with E-state index in [2.05, 4.69) is 10.2 Å². The second kappa shape index (κ2) is 9.35. The highest BCUT2D eigenvalue weighted by molar-refractivity contribution is 7.89. The molecule has 2 heterocycles. The molecule has 3 rings (SSSR count). The van der Waals surface area contributed by atoms with Crippen LogP contribution >= 0.6 is 0 Å². The fraction of sp³-hybridized carbons (Fsp3) is 0.650. The summed E-state index contributed by atoms with van der Waals surface area (Å²) >= 11 is 0. The molecular weight excluding hydrogens is 378 g/mol. The van der Waals surface area contributed by atoms with E-state index in [1.807, 2.05) is 26.0 Å². The van der Waals surface area contributed by atoms with Crippen LogP contribution in [0.4, 0.5) is 0 Å². The molecule has 1 N–H and O–H groups in total. The summed E-state index contributed by atoms with van der Waals surface area (Å²) in [6, 6.07) is 5.47. The van der Waals surface area contributed by atoms with Crippen molar-refractivity contribution in [2.75, 3.05) is 52.5 Å². The summed E-state index contributed by atoms with van der Waals surface area (Å²) in [6.07, 6.45) is 1.42. The van der Waals surface area contributed by atoms with Crippen LogP contribution in [0.15, 0.2) is 23.1 Å². The number of nitrogens with zero attached hydrogens (tertiary/aromatic N) is 2. The van der Waals surface area contributed by atoms with Crippen molar-refractivity contribution in [3.8, 4) is 0 Å². The number of ether oxygens (including phenoxy) is 1. The minimum absolute atomic E-state index is 0.0471. The highest BCUT2D eigenvalue weighted by atomic mass is 32.2. The number of hydrogen-bond acceptors (Lipinski definition) is 5. The number of carbonyl (C=O) groups excluding carboxylic acids is 1. The Morgan fingerprint density at radius 2 is 1.96 bits per heavy atom. The average Bonchev–Trinajstić information content (AvgIpc) is 2.70. The van der Waals surface area contributed by atoms with Gasteiger partial charge < -0.3 is 10.1 Å². The van der Waals surface area contributed by atoms with E-state index in [1.54, 1.807) is 6.07 Å². The molecule has 7 nitrogen and oxygen atoms in total. The molecule has 0 saturated carbocycles. The van der Waals surface area contributed by atoms with Gasteiger partial charge in [-0.3, -0.25) is 9.69 Å². The summed E-state index contributed by atoms with van der Waals surface area (Å²) in [5.74, 6) is -0.340. The van der Waals surface area contributed by atoms with Crippen molar-refractivity contribution in [3.63, 3.8) is 0 Å². The molecule has 1 unspecified atom stereocenters. The zero-order chi connectivity index (χ0) is 20.1. The average molecular weight is 410 g/mol. The normalized spacial score (nSPS) is 22.1. The molecule has 1 atom stereocenters. The van der Waals surface area contributed by atoms with Gasteiger partial charge >= 0.3 is 0 Å². The Labute approximate surface area is 168 Å². The van der Waals surface area contributed by atoms with E-state index >= 15 is 0 Å². The minimum atomic E-state index is -3.59. The lowest BCUT2D eigenvalue weighted by molar-refractivity contribution is -0.126. The van der Waals surface area contributed by atoms with Gasteiger partial charge in [0.2, 0.25) is 15.9 Å². The zero-order valence-electron chi connectivity index (χ0n) is 16.8. The van der Waals surface area contributed by atoms with Crippen molar-refractivity contribution >= 4 is 15.9 Å². The summed E-state index contributed by atoms with van der Waals surface area (Å²) in [7, 11) is -3.59. The fourth-order valence-electron chi connectivity index (χ4n) is 3.81. The van der Waals surface area contributed by atoms with Crippen LogP contribution in [0, 0.1) is 19.8 Å². The molecule has 0 aliphatic carbocycles. The molecular formula is C20H31N3O4S. The van der Waals surface area contributed by atoms with Gasteiger partial charge in [-0.2, -0.15) is 4.31 Å². The molecule has 2 aliphatic rings. The van der Waals surface area contributed by atoms with Gasteiger partial charge in [0.1, 0.15) is 0 Å². The van der Waals surface area contributed by atoms with Crippen LogP contribution in [0.5, 0.6) is 0 Å². The number of amides is 1. The standard InChI is InChI=1S/C20H31N3O4S/c1-16-5-6-17(2)19(14-16)28(25,26)23-8-3-4-18(15-23)20(24)21-7-9-22-10-12-27-13-11-22/h5-6,14,18H,3-4,7-13,15H2,1-2H3,(H,21,24). The van der Waals surface area contributed by atoms with Crippen LogP contribution in [-0.2, 0) is 19.6 Å². The number of rotatable bonds is 6. The first-order chi connectivity index (χ1) is 13.4. The van der Waals surface area contributed by atoms with Crippen LogP contribution in [0.1, 0.15) is 24.0 Å². The van der Waals surface area contributed by atoms with E-state index in [0.29, 0.717) is 24.4 Å². The van der Waals surface area contributed by atoms with E-state index in [9.17, 15) is 13.2 Å². The Balaban J connectivity index is 1.58. The van der Waals surface area contributed by atoms with Gasteiger partial charge in [-0.15, -0.1) is 0 Å². The van der Waals surface area contributed by atoms with Gasteiger partial charge in [0.15, 0.2) is 0 Å². The summed E-state index contributed by atoms with van der Waals surface area (Å²) in [5, 5.41) is 2.99. The largest absolute Gasteiger partial charge is 0.379 e. The molecule has 1 aromatic rings. The SMILES string of the molecule is Cc1ccc(C)c(S(=O)(=O)N2CCCC(C(=O)NCCN3CCOCC3)C2)c1. The van der Waals surface area contributed by atoms with E-state index < -0.39 is 10.0 Å². The molecule has 0 aromatic heterocycles. The molecule has 156 valence electrons. The number of nitrogens with one attached hydrogen (secondary N) is 1. The Morgan fingerprint density at radius 3 is 2.71 bits per heavy atom.